The monoisotopic (exact) mass is 248 g/mol. The number of phenolic OH excluding ortho intramolecular Hbond substituents is 2. The molecule has 0 unspecified atom stereocenters. The fraction of sp³-hybridized carbons (Fsp3) is 0. The number of hydrogen-bond donors (Lipinski definition) is 3. The molecule has 0 radical (unpaired) electrons. The predicted octanol–water partition coefficient (Wildman–Crippen LogP) is 1.88. The van der Waals surface area contributed by atoms with Crippen LogP contribution in [0.2, 0.25) is 0 Å². The van der Waals surface area contributed by atoms with Gasteiger partial charge < -0.3 is 15.5 Å². The number of aromatic nitrogens is 1. The summed E-state index contributed by atoms with van der Waals surface area (Å²) in [5.74, 6) is -1.90. The molecule has 2 rings (SSSR count). The minimum atomic E-state index is -0.728. The van der Waals surface area contributed by atoms with E-state index >= 15 is 0 Å². The molecule has 2 aromatic rings. The van der Waals surface area contributed by atoms with E-state index in [0.29, 0.717) is 0 Å². The number of nitrogens with one attached hydrogen (secondary N) is 1. The van der Waals surface area contributed by atoms with E-state index in [1.807, 2.05) is 0 Å². The van der Waals surface area contributed by atoms with Crippen molar-refractivity contribution in [3.05, 3.63) is 48.0 Å². The van der Waals surface area contributed by atoms with E-state index < -0.39 is 11.7 Å². The van der Waals surface area contributed by atoms with Gasteiger partial charge >= 0.3 is 0 Å². The maximum Gasteiger partial charge on any atom is 0.259 e. The lowest BCUT2D eigenvalue weighted by Gasteiger charge is -2.07. The Morgan fingerprint density at radius 2 is 2.06 bits per heavy atom. The summed E-state index contributed by atoms with van der Waals surface area (Å²) < 4.78 is 13.3. The van der Waals surface area contributed by atoms with E-state index in [1.165, 1.54) is 24.4 Å². The van der Waals surface area contributed by atoms with Crippen molar-refractivity contribution in [2.24, 2.45) is 0 Å². The highest BCUT2D eigenvalue weighted by Crippen LogP contribution is 2.23. The average molecular weight is 248 g/mol. The van der Waals surface area contributed by atoms with E-state index in [1.54, 1.807) is 0 Å². The molecule has 1 amide bonds. The second kappa shape index (κ2) is 4.70. The molecule has 0 aliphatic carbocycles. The quantitative estimate of drug-likeness (QED) is 0.709. The Hall–Kier alpha value is -2.63. The lowest BCUT2D eigenvalue weighted by atomic mass is 10.1. The van der Waals surface area contributed by atoms with Crippen molar-refractivity contribution in [1.82, 2.24) is 4.98 Å². The molecule has 5 nitrogen and oxygen atoms in total. The van der Waals surface area contributed by atoms with Gasteiger partial charge in [0, 0.05) is 6.20 Å². The van der Waals surface area contributed by atoms with Crippen molar-refractivity contribution in [3.8, 4) is 11.5 Å². The zero-order chi connectivity index (χ0) is 13.1. The number of carbonyl (C=O) groups excluding carboxylic acids is 1. The first kappa shape index (κ1) is 11.8. The van der Waals surface area contributed by atoms with Crippen molar-refractivity contribution < 1.29 is 19.4 Å². The van der Waals surface area contributed by atoms with Crippen molar-refractivity contribution in [2.75, 3.05) is 5.32 Å². The predicted molar refractivity (Wildman–Crippen MR) is 61.9 cm³/mol. The fourth-order valence-electron chi connectivity index (χ4n) is 1.37. The van der Waals surface area contributed by atoms with Gasteiger partial charge in [-0.05, 0) is 24.3 Å². The summed E-state index contributed by atoms with van der Waals surface area (Å²) in [6.45, 7) is 0. The summed E-state index contributed by atoms with van der Waals surface area (Å²) in [5, 5.41) is 21.0. The Bertz CT molecular complexity index is 602. The maximum atomic E-state index is 13.3. The van der Waals surface area contributed by atoms with Crippen molar-refractivity contribution in [2.45, 2.75) is 0 Å². The first-order valence-electron chi connectivity index (χ1n) is 5.01. The Balaban J connectivity index is 2.28. The molecule has 18 heavy (non-hydrogen) atoms. The SMILES string of the molecule is O=C(Nc1ccncc1F)c1cc(O)ccc1O. The first-order chi connectivity index (χ1) is 8.58. The fourth-order valence-corrected chi connectivity index (χ4v) is 1.37. The van der Waals surface area contributed by atoms with Crippen LogP contribution in [-0.2, 0) is 0 Å². The summed E-state index contributed by atoms with van der Waals surface area (Å²) in [5.41, 5.74) is -0.205. The Labute approximate surface area is 102 Å². The van der Waals surface area contributed by atoms with Crippen LogP contribution in [0.25, 0.3) is 0 Å². The molecule has 0 aliphatic heterocycles. The number of aromatic hydroxyl groups is 2. The second-order valence-corrected chi connectivity index (χ2v) is 3.51. The number of pyridine rings is 1. The van der Waals surface area contributed by atoms with E-state index in [-0.39, 0.29) is 22.7 Å². The molecule has 0 spiro atoms. The molecule has 0 fully saturated rings. The Kier molecular flexibility index (Phi) is 3.09. The Morgan fingerprint density at radius 3 is 2.78 bits per heavy atom. The molecule has 0 saturated heterocycles. The van der Waals surface area contributed by atoms with E-state index in [4.69, 9.17) is 0 Å². The molecule has 1 aromatic carbocycles. The summed E-state index contributed by atoms with van der Waals surface area (Å²) in [6.07, 6.45) is 2.28. The highest BCUT2D eigenvalue weighted by molar-refractivity contribution is 6.06. The van der Waals surface area contributed by atoms with Gasteiger partial charge in [-0.25, -0.2) is 4.39 Å². The van der Waals surface area contributed by atoms with Gasteiger partial charge in [0.1, 0.15) is 11.5 Å². The first-order valence-corrected chi connectivity index (χ1v) is 5.01. The average Bonchev–Trinajstić information content (AvgIpc) is 2.35. The standard InChI is InChI=1S/C12H9FN2O3/c13-9-6-14-4-3-10(9)15-12(18)8-5-7(16)1-2-11(8)17/h1-6,16-17H,(H,14,15,18). The third kappa shape index (κ3) is 2.37. The highest BCUT2D eigenvalue weighted by atomic mass is 19.1. The van der Waals surface area contributed by atoms with Gasteiger partial charge in [-0.15, -0.1) is 0 Å². The van der Waals surface area contributed by atoms with Crippen LogP contribution in [-0.4, -0.2) is 21.1 Å². The van der Waals surface area contributed by atoms with Crippen LogP contribution in [0.3, 0.4) is 0 Å². The Morgan fingerprint density at radius 1 is 1.28 bits per heavy atom. The molecule has 3 N–H and O–H groups in total. The van der Waals surface area contributed by atoms with Crippen LogP contribution >= 0.6 is 0 Å². The molecule has 92 valence electrons. The summed E-state index contributed by atoms with van der Waals surface area (Å²) in [7, 11) is 0. The third-order valence-electron chi connectivity index (χ3n) is 2.25. The summed E-state index contributed by atoms with van der Waals surface area (Å²) >= 11 is 0. The lowest BCUT2D eigenvalue weighted by Crippen LogP contribution is -2.13. The minimum Gasteiger partial charge on any atom is -0.508 e. The number of phenols is 2. The van der Waals surface area contributed by atoms with E-state index in [0.717, 1.165) is 12.3 Å². The number of amides is 1. The van der Waals surface area contributed by atoms with E-state index in [9.17, 15) is 19.4 Å². The van der Waals surface area contributed by atoms with E-state index in [2.05, 4.69) is 10.3 Å². The molecule has 1 aromatic heterocycles. The largest absolute Gasteiger partial charge is 0.508 e. The van der Waals surface area contributed by atoms with Gasteiger partial charge in [-0.1, -0.05) is 0 Å². The number of rotatable bonds is 2. The molecule has 1 heterocycles. The van der Waals surface area contributed by atoms with Gasteiger partial charge in [-0.3, -0.25) is 9.78 Å². The third-order valence-corrected chi connectivity index (χ3v) is 2.25. The molecular weight excluding hydrogens is 239 g/mol. The van der Waals surface area contributed by atoms with Crippen LogP contribution in [0.4, 0.5) is 10.1 Å². The molecule has 0 saturated carbocycles. The van der Waals surface area contributed by atoms with Gasteiger partial charge in [0.2, 0.25) is 0 Å². The van der Waals surface area contributed by atoms with Gasteiger partial charge in [-0.2, -0.15) is 0 Å². The van der Waals surface area contributed by atoms with Crippen molar-refractivity contribution in [1.29, 1.82) is 0 Å². The molecule has 0 bridgehead atoms. The van der Waals surface area contributed by atoms with Crippen LogP contribution in [0.15, 0.2) is 36.7 Å². The molecule has 6 heteroatoms. The normalized spacial score (nSPS) is 10.1. The van der Waals surface area contributed by atoms with Gasteiger partial charge in [0.25, 0.3) is 5.91 Å². The topological polar surface area (TPSA) is 82.5 Å². The number of halogens is 1. The molecule has 0 atom stereocenters. The zero-order valence-corrected chi connectivity index (χ0v) is 9.09. The number of nitrogens with zero attached hydrogens (tertiary/aromatic N) is 1. The highest BCUT2D eigenvalue weighted by Gasteiger charge is 2.13. The smallest absolute Gasteiger partial charge is 0.259 e. The summed E-state index contributed by atoms with van der Waals surface area (Å²) in [6, 6.07) is 4.78. The van der Waals surface area contributed by atoms with Crippen molar-refractivity contribution in [3.63, 3.8) is 0 Å². The van der Waals surface area contributed by atoms with Gasteiger partial charge in [0.15, 0.2) is 5.82 Å². The number of hydrogen-bond acceptors (Lipinski definition) is 4. The van der Waals surface area contributed by atoms with Crippen LogP contribution in [0.1, 0.15) is 10.4 Å². The van der Waals surface area contributed by atoms with Crippen LogP contribution in [0.5, 0.6) is 11.5 Å². The van der Waals surface area contributed by atoms with Gasteiger partial charge in [0.05, 0.1) is 17.4 Å². The lowest BCUT2D eigenvalue weighted by molar-refractivity contribution is 0.102. The van der Waals surface area contributed by atoms with Crippen LogP contribution in [0, 0.1) is 5.82 Å². The number of anilines is 1. The number of benzene rings is 1. The van der Waals surface area contributed by atoms with Crippen LogP contribution < -0.4 is 5.32 Å². The summed E-state index contributed by atoms with van der Waals surface area (Å²) in [4.78, 5) is 15.3. The minimum absolute atomic E-state index is 0.0576. The molecular formula is C12H9FN2O3. The maximum absolute atomic E-state index is 13.3. The number of carbonyl (C=O) groups is 1. The zero-order valence-electron chi connectivity index (χ0n) is 9.09. The van der Waals surface area contributed by atoms with Crippen molar-refractivity contribution >= 4 is 11.6 Å². The second-order valence-electron chi connectivity index (χ2n) is 3.51. The molecule has 0 aliphatic rings.